The molecule has 0 spiro atoms. The fourth-order valence-electron chi connectivity index (χ4n) is 1.60. The molecule has 0 bridgehead atoms. The Balaban J connectivity index is 2.94. The Hall–Kier alpha value is -0.130. The molecule has 1 aliphatic heterocycles. The zero-order chi connectivity index (χ0) is 11.0. The molecule has 1 heterocycles. The molecular weight excluding hydrogens is 202 g/mol. The summed E-state index contributed by atoms with van der Waals surface area (Å²) >= 11 is 0. The van der Waals surface area contributed by atoms with Gasteiger partial charge >= 0.3 is 0 Å². The van der Waals surface area contributed by atoms with E-state index in [2.05, 4.69) is 0 Å². The summed E-state index contributed by atoms with van der Waals surface area (Å²) in [5.74, 6) is 0.156. The molecule has 0 aliphatic carbocycles. The van der Waals surface area contributed by atoms with Gasteiger partial charge in [-0.3, -0.25) is 0 Å². The lowest BCUT2D eigenvalue weighted by Crippen LogP contribution is -2.57. The molecule has 5 heteroatoms. The first-order valence-corrected chi connectivity index (χ1v) is 6.52. The number of hydrogen-bond donors (Lipinski definition) is 0. The molecule has 0 aromatic rings. The smallest absolute Gasteiger partial charge is 0.214 e. The summed E-state index contributed by atoms with van der Waals surface area (Å²) < 4.78 is 30.6. The lowest BCUT2D eigenvalue weighted by Gasteiger charge is -2.43. The van der Waals surface area contributed by atoms with Crippen LogP contribution in [0.5, 0.6) is 0 Å². The highest BCUT2D eigenvalue weighted by atomic mass is 32.2. The van der Waals surface area contributed by atoms with Crippen molar-refractivity contribution in [1.29, 1.82) is 0 Å². The van der Waals surface area contributed by atoms with Crippen molar-refractivity contribution in [3.05, 3.63) is 0 Å². The lowest BCUT2D eigenvalue weighted by atomic mass is 10.1. The Morgan fingerprint density at radius 3 is 2.57 bits per heavy atom. The van der Waals surface area contributed by atoms with Crippen LogP contribution in [0.2, 0.25) is 0 Å². The van der Waals surface area contributed by atoms with Crippen LogP contribution >= 0.6 is 0 Å². The fraction of sp³-hybridized carbons (Fsp3) is 1.00. The molecular formula is C9H19NO3S. The van der Waals surface area contributed by atoms with Gasteiger partial charge in [-0.25, -0.2) is 8.42 Å². The Morgan fingerprint density at radius 2 is 2.07 bits per heavy atom. The van der Waals surface area contributed by atoms with Crippen LogP contribution in [0.1, 0.15) is 27.7 Å². The highest BCUT2D eigenvalue weighted by Crippen LogP contribution is 2.25. The van der Waals surface area contributed by atoms with Crippen LogP contribution in [0, 0.1) is 0 Å². The number of hydrogen-bond acceptors (Lipinski definition) is 3. The largest absolute Gasteiger partial charge is 0.375 e. The molecule has 0 N–H and O–H groups in total. The van der Waals surface area contributed by atoms with Crippen molar-refractivity contribution < 1.29 is 13.2 Å². The minimum absolute atomic E-state index is 0.00986. The van der Waals surface area contributed by atoms with Crippen molar-refractivity contribution in [2.24, 2.45) is 0 Å². The molecule has 1 fully saturated rings. The van der Waals surface area contributed by atoms with Gasteiger partial charge in [-0.1, -0.05) is 0 Å². The maximum Gasteiger partial charge on any atom is 0.214 e. The van der Waals surface area contributed by atoms with E-state index in [1.54, 1.807) is 11.2 Å². The summed E-state index contributed by atoms with van der Waals surface area (Å²) in [6.45, 7) is 8.29. The first-order valence-electron chi connectivity index (χ1n) is 4.92. The van der Waals surface area contributed by atoms with Crippen molar-refractivity contribution in [2.45, 2.75) is 39.3 Å². The Labute approximate surface area is 86.3 Å². The summed E-state index contributed by atoms with van der Waals surface area (Å²) in [7, 11) is -3.11. The van der Waals surface area contributed by atoms with E-state index in [9.17, 15) is 8.42 Å². The van der Waals surface area contributed by atoms with Gasteiger partial charge in [0.15, 0.2) is 0 Å². The maximum atomic E-state index is 11.8. The maximum absolute atomic E-state index is 11.8. The summed E-state index contributed by atoms with van der Waals surface area (Å²) in [5.41, 5.74) is -0.415. The SMILES string of the molecule is CCS(=O)(=O)N1CC(C)OCC1(C)C. The average Bonchev–Trinajstić information content (AvgIpc) is 2.09. The third kappa shape index (κ3) is 2.27. The first kappa shape index (κ1) is 11.9. The van der Waals surface area contributed by atoms with Gasteiger partial charge in [0, 0.05) is 6.54 Å². The van der Waals surface area contributed by atoms with Crippen LogP contribution in [0.3, 0.4) is 0 Å². The topological polar surface area (TPSA) is 46.6 Å². The van der Waals surface area contributed by atoms with Gasteiger partial charge in [0.05, 0.1) is 24.0 Å². The molecule has 1 unspecified atom stereocenters. The van der Waals surface area contributed by atoms with Crippen molar-refractivity contribution in [3.63, 3.8) is 0 Å². The number of ether oxygens (including phenoxy) is 1. The van der Waals surface area contributed by atoms with Crippen molar-refractivity contribution >= 4 is 10.0 Å². The highest BCUT2D eigenvalue weighted by Gasteiger charge is 2.40. The van der Waals surface area contributed by atoms with Crippen LogP contribution in [0.4, 0.5) is 0 Å². The van der Waals surface area contributed by atoms with Crippen LogP contribution in [-0.4, -0.2) is 43.3 Å². The minimum Gasteiger partial charge on any atom is -0.375 e. The molecule has 0 saturated carbocycles. The van der Waals surface area contributed by atoms with Gasteiger partial charge < -0.3 is 4.74 Å². The van der Waals surface area contributed by atoms with Crippen molar-refractivity contribution in [3.8, 4) is 0 Å². The Bertz CT molecular complexity index is 297. The van der Waals surface area contributed by atoms with Crippen LogP contribution < -0.4 is 0 Å². The van der Waals surface area contributed by atoms with Crippen LogP contribution in [0.25, 0.3) is 0 Å². The molecule has 0 aromatic heterocycles. The van der Waals surface area contributed by atoms with Gasteiger partial charge in [-0.2, -0.15) is 4.31 Å². The first-order chi connectivity index (χ1) is 6.29. The second-order valence-corrected chi connectivity index (χ2v) is 6.55. The van der Waals surface area contributed by atoms with Gasteiger partial charge in [-0.15, -0.1) is 0 Å². The fourth-order valence-corrected chi connectivity index (χ4v) is 3.15. The molecule has 84 valence electrons. The summed E-state index contributed by atoms with van der Waals surface area (Å²) in [5, 5.41) is 0. The number of morpholine rings is 1. The molecule has 0 aromatic carbocycles. The second-order valence-electron chi connectivity index (χ2n) is 4.37. The predicted octanol–water partition coefficient (Wildman–Crippen LogP) is 0.835. The molecule has 0 amide bonds. The monoisotopic (exact) mass is 221 g/mol. The lowest BCUT2D eigenvalue weighted by molar-refractivity contribution is -0.0550. The van der Waals surface area contributed by atoms with E-state index in [0.29, 0.717) is 13.2 Å². The molecule has 1 saturated heterocycles. The summed E-state index contributed by atoms with van der Waals surface area (Å²) in [4.78, 5) is 0. The zero-order valence-corrected chi connectivity index (χ0v) is 10.1. The molecule has 1 aliphatic rings. The van der Waals surface area contributed by atoms with E-state index < -0.39 is 15.6 Å². The summed E-state index contributed by atoms with van der Waals surface area (Å²) in [6, 6.07) is 0. The van der Waals surface area contributed by atoms with Crippen molar-refractivity contribution in [1.82, 2.24) is 4.31 Å². The standard InChI is InChI=1S/C9H19NO3S/c1-5-14(11,12)10-6-8(2)13-7-9(10,3)4/h8H,5-7H2,1-4H3. The van der Waals surface area contributed by atoms with E-state index in [-0.39, 0.29) is 11.9 Å². The van der Waals surface area contributed by atoms with Crippen LogP contribution in [-0.2, 0) is 14.8 Å². The Morgan fingerprint density at radius 1 is 1.50 bits per heavy atom. The van der Waals surface area contributed by atoms with Gasteiger partial charge in [-0.05, 0) is 27.7 Å². The number of nitrogens with zero attached hydrogens (tertiary/aromatic N) is 1. The number of rotatable bonds is 2. The van der Waals surface area contributed by atoms with Gasteiger partial charge in [0.2, 0.25) is 10.0 Å². The highest BCUT2D eigenvalue weighted by molar-refractivity contribution is 7.89. The van der Waals surface area contributed by atoms with Crippen LogP contribution in [0.15, 0.2) is 0 Å². The quantitative estimate of drug-likeness (QED) is 0.694. The predicted molar refractivity (Wildman–Crippen MR) is 55.7 cm³/mol. The van der Waals surface area contributed by atoms with E-state index in [1.807, 2.05) is 20.8 Å². The number of sulfonamides is 1. The zero-order valence-electron chi connectivity index (χ0n) is 9.28. The Kier molecular flexibility index (Phi) is 3.23. The van der Waals surface area contributed by atoms with E-state index in [1.165, 1.54) is 0 Å². The van der Waals surface area contributed by atoms with E-state index >= 15 is 0 Å². The molecule has 4 nitrogen and oxygen atoms in total. The summed E-state index contributed by atoms with van der Waals surface area (Å²) in [6.07, 6.45) is -0.00986. The molecule has 0 radical (unpaired) electrons. The third-order valence-corrected chi connectivity index (χ3v) is 4.56. The second kappa shape index (κ2) is 3.79. The normalized spacial score (nSPS) is 29.0. The van der Waals surface area contributed by atoms with Gasteiger partial charge in [0.25, 0.3) is 0 Å². The average molecular weight is 221 g/mol. The molecule has 1 rings (SSSR count). The molecule has 14 heavy (non-hydrogen) atoms. The van der Waals surface area contributed by atoms with Crippen molar-refractivity contribution in [2.75, 3.05) is 18.9 Å². The third-order valence-electron chi connectivity index (χ3n) is 2.52. The van der Waals surface area contributed by atoms with E-state index in [0.717, 1.165) is 0 Å². The molecule has 1 atom stereocenters. The minimum atomic E-state index is -3.11. The van der Waals surface area contributed by atoms with Gasteiger partial charge in [0.1, 0.15) is 0 Å². The van der Waals surface area contributed by atoms with E-state index in [4.69, 9.17) is 4.74 Å².